The van der Waals surface area contributed by atoms with Gasteiger partial charge in [0.25, 0.3) is 0 Å². The minimum atomic E-state index is 0.0530. The SMILES string of the molecule is C=C/C=C(\C=C)C(c1ccccc1)c1ccc(ON)c(C=C)c1. The molecule has 0 aliphatic carbocycles. The topological polar surface area (TPSA) is 35.2 Å². The molecule has 1 atom stereocenters. The zero-order valence-electron chi connectivity index (χ0n) is 13.1. The van der Waals surface area contributed by atoms with E-state index in [4.69, 9.17) is 10.7 Å². The molecule has 0 heterocycles. The van der Waals surface area contributed by atoms with Crippen molar-refractivity contribution in [3.63, 3.8) is 0 Å². The van der Waals surface area contributed by atoms with Gasteiger partial charge in [-0.1, -0.05) is 80.4 Å². The molecule has 116 valence electrons. The number of rotatable bonds is 7. The summed E-state index contributed by atoms with van der Waals surface area (Å²) >= 11 is 0. The van der Waals surface area contributed by atoms with Crippen LogP contribution in [-0.2, 0) is 0 Å². The Bertz CT molecular complexity index is 729. The lowest BCUT2D eigenvalue weighted by Crippen LogP contribution is -2.07. The second-order valence-corrected chi connectivity index (χ2v) is 5.07. The first-order valence-corrected chi connectivity index (χ1v) is 7.38. The van der Waals surface area contributed by atoms with Crippen molar-refractivity contribution in [3.05, 3.63) is 109 Å². The van der Waals surface area contributed by atoms with Crippen molar-refractivity contribution in [2.45, 2.75) is 5.92 Å². The largest absolute Gasteiger partial charge is 0.411 e. The maximum Gasteiger partial charge on any atom is 0.154 e. The Kier molecular flexibility index (Phi) is 5.73. The lowest BCUT2D eigenvalue weighted by Gasteiger charge is -2.20. The molecule has 23 heavy (non-hydrogen) atoms. The molecule has 2 nitrogen and oxygen atoms in total. The van der Waals surface area contributed by atoms with E-state index in [0.717, 1.165) is 16.7 Å². The highest BCUT2D eigenvalue weighted by Crippen LogP contribution is 2.35. The summed E-state index contributed by atoms with van der Waals surface area (Å²) < 4.78 is 0. The van der Waals surface area contributed by atoms with Gasteiger partial charge in [0.2, 0.25) is 0 Å². The molecule has 0 amide bonds. The number of allylic oxidation sites excluding steroid dienone is 4. The van der Waals surface area contributed by atoms with Crippen LogP contribution < -0.4 is 10.7 Å². The normalized spacial score (nSPS) is 12.3. The summed E-state index contributed by atoms with van der Waals surface area (Å²) in [4.78, 5) is 4.89. The molecule has 0 spiro atoms. The second kappa shape index (κ2) is 7.97. The minimum absolute atomic E-state index is 0.0530. The van der Waals surface area contributed by atoms with E-state index < -0.39 is 0 Å². The van der Waals surface area contributed by atoms with Gasteiger partial charge >= 0.3 is 0 Å². The van der Waals surface area contributed by atoms with Crippen molar-refractivity contribution in [3.8, 4) is 5.75 Å². The van der Waals surface area contributed by atoms with Gasteiger partial charge < -0.3 is 4.84 Å². The fourth-order valence-corrected chi connectivity index (χ4v) is 2.65. The molecule has 2 heteroatoms. The fourth-order valence-electron chi connectivity index (χ4n) is 2.65. The molecule has 2 N–H and O–H groups in total. The highest BCUT2D eigenvalue weighted by atomic mass is 16.6. The Hall–Kier alpha value is -2.84. The zero-order chi connectivity index (χ0) is 16.7. The molecule has 0 bridgehead atoms. The highest BCUT2D eigenvalue weighted by molar-refractivity contribution is 5.59. The van der Waals surface area contributed by atoms with Crippen LogP contribution in [0.3, 0.4) is 0 Å². The van der Waals surface area contributed by atoms with Gasteiger partial charge in [-0.05, 0) is 28.8 Å². The van der Waals surface area contributed by atoms with E-state index in [0.29, 0.717) is 5.75 Å². The molecule has 0 aliphatic rings. The van der Waals surface area contributed by atoms with Crippen LogP contribution in [0.1, 0.15) is 22.6 Å². The molecular weight excluding hydrogens is 282 g/mol. The third-order valence-corrected chi connectivity index (χ3v) is 3.73. The fraction of sp³-hybridized carbons (Fsp3) is 0.0476. The molecule has 0 saturated heterocycles. The van der Waals surface area contributed by atoms with E-state index >= 15 is 0 Å². The monoisotopic (exact) mass is 303 g/mol. The van der Waals surface area contributed by atoms with Gasteiger partial charge in [0, 0.05) is 11.5 Å². The van der Waals surface area contributed by atoms with Gasteiger partial charge in [-0.2, -0.15) is 5.90 Å². The molecule has 0 aliphatic heterocycles. The van der Waals surface area contributed by atoms with Gasteiger partial charge in [-0.3, -0.25) is 0 Å². The molecule has 0 aromatic heterocycles. The van der Waals surface area contributed by atoms with Crippen molar-refractivity contribution in [2.24, 2.45) is 5.90 Å². The van der Waals surface area contributed by atoms with E-state index in [-0.39, 0.29) is 5.92 Å². The Labute approximate surface area is 137 Å². The van der Waals surface area contributed by atoms with Crippen molar-refractivity contribution in [2.75, 3.05) is 0 Å². The maximum atomic E-state index is 5.31. The first-order valence-electron chi connectivity index (χ1n) is 7.38. The molecule has 2 rings (SSSR count). The minimum Gasteiger partial charge on any atom is -0.411 e. The van der Waals surface area contributed by atoms with Crippen molar-refractivity contribution in [1.29, 1.82) is 0 Å². The molecule has 1 unspecified atom stereocenters. The quantitative estimate of drug-likeness (QED) is 0.576. The van der Waals surface area contributed by atoms with Crippen molar-refractivity contribution in [1.82, 2.24) is 0 Å². The van der Waals surface area contributed by atoms with Gasteiger partial charge in [0.1, 0.15) is 0 Å². The molecular formula is C21H21NO. The standard InChI is InChI=1S/C21H21NO/c1-4-10-16(5-2)21(18-11-8-7-9-12-18)19-13-14-20(23-22)17(6-3)15-19/h4-15,21H,1-3,22H2/b16-10+. The first kappa shape index (κ1) is 16.5. The zero-order valence-corrected chi connectivity index (χ0v) is 13.1. The summed E-state index contributed by atoms with van der Waals surface area (Å²) in [5.74, 6) is 5.96. The van der Waals surface area contributed by atoms with Crippen LogP contribution in [0.2, 0.25) is 0 Å². The summed E-state index contributed by atoms with van der Waals surface area (Å²) in [5.41, 5.74) is 4.22. The van der Waals surface area contributed by atoms with Crippen molar-refractivity contribution >= 4 is 6.08 Å². The average molecular weight is 303 g/mol. The lowest BCUT2D eigenvalue weighted by molar-refractivity contribution is 0.333. The molecule has 2 aromatic rings. The summed E-state index contributed by atoms with van der Waals surface area (Å²) in [6.45, 7) is 11.6. The summed E-state index contributed by atoms with van der Waals surface area (Å²) in [6, 6.07) is 16.2. The van der Waals surface area contributed by atoms with Crippen LogP contribution in [0.4, 0.5) is 0 Å². The Morgan fingerprint density at radius 1 is 1.00 bits per heavy atom. The number of hydrogen-bond acceptors (Lipinski definition) is 2. The Morgan fingerprint density at radius 3 is 2.30 bits per heavy atom. The summed E-state index contributed by atoms with van der Waals surface area (Å²) in [6.07, 6.45) is 7.35. The molecule has 2 aromatic carbocycles. The van der Waals surface area contributed by atoms with Crippen molar-refractivity contribution < 1.29 is 4.84 Å². The van der Waals surface area contributed by atoms with Gasteiger partial charge in [0.05, 0.1) is 0 Å². The Morgan fingerprint density at radius 2 is 1.74 bits per heavy atom. The van der Waals surface area contributed by atoms with E-state index in [2.05, 4.69) is 31.9 Å². The summed E-state index contributed by atoms with van der Waals surface area (Å²) in [7, 11) is 0. The van der Waals surface area contributed by atoms with E-state index in [1.165, 1.54) is 5.56 Å². The van der Waals surface area contributed by atoms with Gasteiger partial charge in [0.15, 0.2) is 5.75 Å². The first-order chi connectivity index (χ1) is 11.2. The van der Waals surface area contributed by atoms with Gasteiger partial charge in [-0.25, -0.2) is 0 Å². The third kappa shape index (κ3) is 3.68. The van der Waals surface area contributed by atoms with Crippen LogP contribution in [0.25, 0.3) is 6.08 Å². The van der Waals surface area contributed by atoms with Crippen LogP contribution in [0.15, 0.2) is 92.1 Å². The van der Waals surface area contributed by atoms with Crippen LogP contribution in [-0.4, -0.2) is 0 Å². The van der Waals surface area contributed by atoms with Crippen LogP contribution in [0.5, 0.6) is 5.75 Å². The average Bonchev–Trinajstić information content (AvgIpc) is 2.61. The predicted molar refractivity (Wildman–Crippen MR) is 98.1 cm³/mol. The number of hydrogen-bond donors (Lipinski definition) is 1. The highest BCUT2D eigenvalue weighted by Gasteiger charge is 2.18. The lowest BCUT2D eigenvalue weighted by atomic mass is 9.84. The van der Waals surface area contributed by atoms with E-state index in [1.54, 1.807) is 12.2 Å². The summed E-state index contributed by atoms with van der Waals surface area (Å²) in [5, 5.41) is 0. The number of nitrogens with two attached hydrogens (primary N) is 1. The van der Waals surface area contributed by atoms with Gasteiger partial charge in [-0.15, -0.1) is 0 Å². The molecule has 0 fully saturated rings. The maximum absolute atomic E-state index is 5.31. The van der Waals surface area contributed by atoms with Crippen LogP contribution >= 0.6 is 0 Å². The predicted octanol–water partition coefficient (Wildman–Crippen LogP) is 5.01. The second-order valence-electron chi connectivity index (χ2n) is 5.07. The Balaban J connectivity index is 2.62. The molecule has 0 saturated carbocycles. The van der Waals surface area contributed by atoms with E-state index in [9.17, 15) is 0 Å². The third-order valence-electron chi connectivity index (χ3n) is 3.73. The number of benzene rings is 2. The smallest absolute Gasteiger partial charge is 0.154 e. The van der Waals surface area contributed by atoms with E-state index in [1.807, 2.05) is 48.6 Å². The molecule has 0 radical (unpaired) electrons. The van der Waals surface area contributed by atoms with Crippen LogP contribution in [0, 0.1) is 0 Å².